The molecule has 1 atom stereocenters. The molecule has 0 aliphatic heterocycles. The predicted octanol–water partition coefficient (Wildman–Crippen LogP) is 4.78. The molecule has 1 heterocycles. The molecule has 4 aromatic rings. The molecule has 3 N–H and O–H groups in total. The van der Waals surface area contributed by atoms with Gasteiger partial charge >= 0.3 is 0 Å². The summed E-state index contributed by atoms with van der Waals surface area (Å²) in [4.78, 5) is 19.6. The number of halogens is 1. The smallest absolute Gasteiger partial charge is 0.270 e. The highest BCUT2D eigenvalue weighted by atomic mass is 35.5. The van der Waals surface area contributed by atoms with Gasteiger partial charge in [-0.05, 0) is 30.3 Å². The fourth-order valence-corrected chi connectivity index (χ4v) is 3.78. The highest BCUT2D eigenvalue weighted by molar-refractivity contribution is 7.86. The van der Waals surface area contributed by atoms with Gasteiger partial charge in [0.2, 0.25) is 0 Å². The van der Waals surface area contributed by atoms with Gasteiger partial charge in [-0.2, -0.15) is 0 Å². The summed E-state index contributed by atoms with van der Waals surface area (Å²) in [6.07, 6.45) is 0. The number of phenolic OH excluding ortho intramolecular Hbond substituents is 1. The fraction of sp³-hybridized carbons (Fsp3) is 0. The maximum atomic E-state index is 12.9. The molecule has 3 aromatic carbocycles. The van der Waals surface area contributed by atoms with E-state index in [1.54, 1.807) is 24.3 Å². The average molecular weight is 456 g/mol. The zero-order valence-corrected chi connectivity index (χ0v) is 17.2. The molecule has 0 radical (unpaired) electrons. The van der Waals surface area contributed by atoms with Crippen LogP contribution < -0.4 is 10.0 Å². The summed E-state index contributed by atoms with van der Waals surface area (Å²) in [6, 6.07) is 17.0. The largest absolute Gasteiger partial charge is 0.508 e. The molecule has 1 unspecified atom stereocenters. The van der Waals surface area contributed by atoms with Crippen LogP contribution in [0, 0.1) is 10.1 Å². The topological polar surface area (TPSA) is 130 Å². The number of hydrogen-bond donors (Lipinski definition) is 3. The van der Waals surface area contributed by atoms with Gasteiger partial charge in [0.15, 0.2) is 22.6 Å². The van der Waals surface area contributed by atoms with Crippen molar-refractivity contribution >= 4 is 56.6 Å². The van der Waals surface area contributed by atoms with E-state index in [-0.39, 0.29) is 28.0 Å². The summed E-state index contributed by atoms with van der Waals surface area (Å²) >= 11 is 6.20. The van der Waals surface area contributed by atoms with Gasteiger partial charge in [0.05, 0.1) is 31.6 Å². The summed E-state index contributed by atoms with van der Waals surface area (Å²) in [7, 11) is -1.86. The Labute approximate surface area is 183 Å². The molecule has 0 saturated heterocycles. The van der Waals surface area contributed by atoms with Gasteiger partial charge in [0.1, 0.15) is 5.75 Å². The van der Waals surface area contributed by atoms with Crippen molar-refractivity contribution in [3.05, 3.63) is 81.9 Å². The number of hydrogen-bond acceptors (Lipinski definition) is 7. The number of fused-ring (bicyclic) bond motifs is 1. The molecular formula is C20H14ClN5O4S. The number of nitro benzene ring substituents is 1. The summed E-state index contributed by atoms with van der Waals surface area (Å²) in [5.41, 5.74) is 1.32. The van der Waals surface area contributed by atoms with Crippen molar-refractivity contribution in [2.24, 2.45) is 0 Å². The van der Waals surface area contributed by atoms with Crippen LogP contribution in [0.1, 0.15) is 0 Å². The maximum absolute atomic E-state index is 12.9. The minimum Gasteiger partial charge on any atom is -0.508 e. The molecule has 0 aliphatic carbocycles. The Hall–Kier alpha value is -3.76. The number of nitrogens with zero attached hydrogens (tertiary/aromatic N) is 3. The molecule has 0 amide bonds. The Morgan fingerprint density at radius 2 is 1.68 bits per heavy atom. The summed E-state index contributed by atoms with van der Waals surface area (Å²) in [5, 5.41) is 24.1. The highest BCUT2D eigenvalue weighted by Gasteiger charge is 2.16. The van der Waals surface area contributed by atoms with Crippen LogP contribution in [0.25, 0.3) is 11.0 Å². The molecule has 0 bridgehead atoms. The van der Waals surface area contributed by atoms with E-state index in [9.17, 15) is 19.4 Å². The van der Waals surface area contributed by atoms with E-state index in [4.69, 9.17) is 11.6 Å². The van der Waals surface area contributed by atoms with E-state index < -0.39 is 15.9 Å². The number of phenols is 1. The molecule has 9 nitrogen and oxygen atoms in total. The van der Waals surface area contributed by atoms with Gasteiger partial charge in [-0.1, -0.05) is 29.8 Å². The fourth-order valence-electron chi connectivity index (χ4n) is 2.75. The van der Waals surface area contributed by atoms with Crippen molar-refractivity contribution in [2.45, 2.75) is 4.90 Å². The number of nitro groups is 1. The predicted molar refractivity (Wildman–Crippen MR) is 119 cm³/mol. The molecule has 11 heteroatoms. The lowest BCUT2D eigenvalue weighted by Crippen LogP contribution is -2.10. The molecule has 0 saturated carbocycles. The first-order valence-corrected chi connectivity index (χ1v) is 10.4. The normalized spacial score (nSPS) is 11.8. The number of anilines is 3. The molecule has 4 rings (SSSR count). The SMILES string of the molecule is O=[N+]([O-])c1cccc(S(=O)Nc2nc3ccccc3nc2Nc2cc(O)ccc2Cl)c1. The van der Waals surface area contributed by atoms with Gasteiger partial charge in [-0.3, -0.25) is 14.8 Å². The van der Waals surface area contributed by atoms with Crippen molar-refractivity contribution in [2.75, 3.05) is 10.0 Å². The minimum atomic E-state index is -1.86. The van der Waals surface area contributed by atoms with E-state index in [1.165, 1.54) is 42.5 Å². The monoisotopic (exact) mass is 455 g/mol. The van der Waals surface area contributed by atoms with Gasteiger partial charge in [0, 0.05) is 18.2 Å². The van der Waals surface area contributed by atoms with Crippen molar-refractivity contribution in [1.29, 1.82) is 0 Å². The van der Waals surface area contributed by atoms with Crippen LogP contribution in [0.3, 0.4) is 0 Å². The molecule has 1 aromatic heterocycles. The number of rotatable bonds is 6. The maximum Gasteiger partial charge on any atom is 0.270 e. The third-order valence-electron chi connectivity index (χ3n) is 4.21. The first-order valence-electron chi connectivity index (χ1n) is 8.86. The molecule has 156 valence electrons. The lowest BCUT2D eigenvalue weighted by molar-refractivity contribution is -0.385. The molecule has 0 aliphatic rings. The Bertz CT molecular complexity index is 1330. The van der Waals surface area contributed by atoms with Crippen LogP contribution in [0.4, 0.5) is 23.0 Å². The second kappa shape index (κ2) is 8.54. The lowest BCUT2D eigenvalue weighted by Gasteiger charge is -2.14. The third-order valence-corrected chi connectivity index (χ3v) is 5.60. The number of nitrogens with one attached hydrogen (secondary N) is 2. The first-order chi connectivity index (χ1) is 14.9. The van der Waals surface area contributed by atoms with E-state index in [0.717, 1.165) is 0 Å². The number of benzene rings is 3. The van der Waals surface area contributed by atoms with Gasteiger partial charge in [-0.15, -0.1) is 0 Å². The number of aromatic hydroxyl groups is 1. The van der Waals surface area contributed by atoms with Gasteiger partial charge in [0.25, 0.3) is 5.69 Å². The van der Waals surface area contributed by atoms with Crippen LogP contribution in [-0.4, -0.2) is 24.2 Å². The highest BCUT2D eigenvalue weighted by Crippen LogP contribution is 2.32. The van der Waals surface area contributed by atoms with Crippen LogP contribution >= 0.6 is 11.6 Å². The van der Waals surface area contributed by atoms with E-state index in [2.05, 4.69) is 20.0 Å². The second-order valence-electron chi connectivity index (χ2n) is 6.32. The zero-order valence-electron chi connectivity index (χ0n) is 15.7. The van der Waals surface area contributed by atoms with Crippen molar-refractivity contribution in [3.8, 4) is 5.75 Å². The Morgan fingerprint density at radius 1 is 0.968 bits per heavy atom. The Balaban J connectivity index is 1.74. The lowest BCUT2D eigenvalue weighted by atomic mass is 10.3. The zero-order chi connectivity index (χ0) is 22.0. The minimum absolute atomic E-state index is 0.00432. The summed E-state index contributed by atoms with van der Waals surface area (Å²) in [6.45, 7) is 0. The second-order valence-corrected chi connectivity index (χ2v) is 7.94. The average Bonchev–Trinajstić information content (AvgIpc) is 2.76. The van der Waals surface area contributed by atoms with E-state index in [0.29, 0.717) is 21.7 Å². The van der Waals surface area contributed by atoms with Crippen LogP contribution in [0.15, 0.2) is 71.6 Å². The van der Waals surface area contributed by atoms with Crippen LogP contribution in [0.5, 0.6) is 5.75 Å². The summed E-state index contributed by atoms with van der Waals surface area (Å²) < 4.78 is 15.6. The molecule has 31 heavy (non-hydrogen) atoms. The van der Waals surface area contributed by atoms with Crippen LogP contribution in [0.2, 0.25) is 5.02 Å². The molecule has 0 fully saturated rings. The number of aromatic nitrogens is 2. The van der Waals surface area contributed by atoms with E-state index >= 15 is 0 Å². The van der Waals surface area contributed by atoms with Crippen molar-refractivity contribution in [3.63, 3.8) is 0 Å². The van der Waals surface area contributed by atoms with Crippen molar-refractivity contribution in [1.82, 2.24) is 9.97 Å². The quantitative estimate of drug-likeness (QED) is 0.282. The Morgan fingerprint density at radius 3 is 2.39 bits per heavy atom. The molecular weight excluding hydrogens is 442 g/mol. The van der Waals surface area contributed by atoms with Gasteiger partial charge < -0.3 is 10.4 Å². The Kier molecular flexibility index (Phi) is 5.65. The standard InChI is InChI=1S/C20H14ClN5O4S/c21-15-9-8-13(27)11-18(15)24-19-20(23-17-7-2-1-6-16(17)22-19)25-31(30)14-5-3-4-12(10-14)26(28)29/h1-11,27H,(H,22,24)(H,23,25). The van der Waals surface area contributed by atoms with Gasteiger partial charge in [-0.25, -0.2) is 14.2 Å². The first kappa shape index (κ1) is 20.5. The van der Waals surface area contributed by atoms with Crippen molar-refractivity contribution < 1.29 is 14.2 Å². The van der Waals surface area contributed by atoms with E-state index in [1.807, 2.05) is 0 Å². The summed E-state index contributed by atoms with van der Waals surface area (Å²) in [5.74, 6) is 0.350. The van der Waals surface area contributed by atoms with Crippen LogP contribution in [-0.2, 0) is 11.0 Å². The molecule has 0 spiro atoms. The third kappa shape index (κ3) is 4.55. The number of para-hydroxylation sites is 2. The number of non-ortho nitro benzene ring substituents is 1.